The summed E-state index contributed by atoms with van der Waals surface area (Å²) in [6.07, 6.45) is 1.09. The molecule has 2 unspecified atom stereocenters. The van der Waals surface area contributed by atoms with E-state index in [0.717, 1.165) is 5.56 Å². The summed E-state index contributed by atoms with van der Waals surface area (Å²) in [5.41, 5.74) is 2.33. The smallest absolute Gasteiger partial charge is 0.254 e. The molecule has 1 aromatic heterocycles. The molecule has 25 heavy (non-hydrogen) atoms. The highest BCUT2D eigenvalue weighted by Gasteiger charge is 2.30. The number of carbonyl (C=O) groups excluding carboxylic acids is 2. The third-order valence-electron chi connectivity index (χ3n) is 4.05. The van der Waals surface area contributed by atoms with E-state index in [0.29, 0.717) is 24.3 Å². The number of thiophene rings is 1. The Bertz CT molecular complexity index is 755. The second-order valence-corrected chi connectivity index (χ2v) is 6.75. The van der Waals surface area contributed by atoms with Gasteiger partial charge in [-0.15, -0.1) is 0 Å². The first kappa shape index (κ1) is 17.4. The van der Waals surface area contributed by atoms with E-state index in [4.69, 9.17) is 4.74 Å². The van der Waals surface area contributed by atoms with Crippen LogP contribution in [0, 0.1) is 0 Å². The monoisotopic (exact) mass is 356 g/mol. The molecule has 2 heterocycles. The van der Waals surface area contributed by atoms with Gasteiger partial charge in [0.15, 0.2) is 0 Å². The number of hydrogen-bond acceptors (Lipinski definition) is 4. The zero-order chi connectivity index (χ0) is 17.8. The van der Waals surface area contributed by atoms with Crippen LogP contribution in [0.5, 0.6) is 0 Å². The Balaban J connectivity index is 1.71. The Labute approximate surface area is 150 Å². The van der Waals surface area contributed by atoms with Crippen molar-refractivity contribution in [2.45, 2.75) is 19.1 Å². The normalized spacial score (nSPS) is 20.1. The topological polar surface area (TPSA) is 58.6 Å². The molecule has 2 aromatic rings. The number of hydrogen-bond donors (Lipinski definition) is 1. The zero-order valence-electron chi connectivity index (χ0n) is 14.0. The minimum Gasteiger partial charge on any atom is -0.367 e. The second kappa shape index (κ2) is 7.63. The van der Waals surface area contributed by atoms with Gasteiger partial charge >= 0.3 is 0 Å². The van der Waals surface area contributed by atoms with E-state index in [1.165, 1.54) is 6.08 Å². The van der Waals surface area contributed by atoms with E-state index < -0.39 is 0 Å². The van der Waals surface area contributed by atoms with Gasteiger partial charge in [0.1, 0.15) is 6.10 Å². The predicted molar refractivity (Wildman–Crippen MR) is 98.8 cm³/mol. The minimum atomic E-state index is -0.278. The molecule has 0 spiro atoms. The first-order valence-corrected chi connectivity index (χ1v) is 9.01. The van der Waals surface area contributed by atoms with Crippen molar-refractivity contribution >= 4 is 28.8 Å². The van der Waals surface area contributed by atoms with Crippen molar-refractivity contribution in [2.24, 2.45) is 0 Å². The summed E-state index contributed by atoms with van der Waals surface area (Å²) >= 11 is 1.62. The van der Waals surface area contributed by atoms with E-state index in [9.17, 15) is 9.59 Å². The zero-order valence-corrected chi connectivity index (χ0v) is 14.8. The van der Waals surface area contributed by atoms with Crippen molar-refractivity contribution in [3.05, 3.63) is 64.9 Å². The van der Waals surface area contributed by atoms with Gasteiger partial charge in [-0.1, -0.05) is 6.58 Å². The van der Waals surface area contributed by atoms with Crippen molar-refractivity contribution in [3.8, 4) is 0 Å². The number of nitrogens with zero attached hydrogens (tertiary/aromatic N) is 1. The van der Waals surface area contributed by atoms with E-state index in [1.807, 2.05) is 23.3 Å². The summed E-state index contributed by atoms with van der Waals surface area (Å²) in [5.74, 6) is -0.309. The molecule has 3 rings (SSSR count). The number of amides is 2. The number of ether oxygens (including phenoxy) is 1. The third kappa shape index (κ3) is 4.15. The van der Waals surface area contributed by atoms with Gasteiger partial charge in [0, 0.05) is 17.8 Å². The molecule has 6 heteroatoms. The quantitative estimate of drug-likeness (QED) is 0.854. The number of benzene rings is 1. The minimum absolute atomic E-state index is 0.0197. The summed E-state index contributed by atoms with van der Waals surface area (Å²) in [5, 5.41) is 6.74. The summed E-state index contributed by atoms with van der Waals surface area (Å²) in [6, 6.07) is 8.92. The molecule has 5 nitrogen and oxygen atoms in total. The Hall–Kier alpha value is -2.44. The van der Waals surface area contributed by atoms with Crippen LogP contribution in [0.2, 0.25) is 0 Å². The van der Waals surface area contributed by atoms with Gasteiger partial charge in [0.25, 0.3) is 5.91 Å². The molecule has 1 aromatic carbocycles. The van der Waals surface area contributed by atoms with Gasteiger partial charge in [-0.25, -0.2) is 0 Å². The van der Waals surface area contributed by atoms with E-state index in [-0.39, 0.29) is 24.0 Å². The Kier molecular flexibility index (Phi) is 5.31. The van der Waals surface area contributed by atoms with Gasteiger partial charge in [0.05, 0.1) is 12.6 Å². The summed E-state index contributed by atoms with van der Waals surface area (Å²) in [6.45, 7) is 6.49. The number of morpholine rings is 1. The van der Waals surface area contributed by atoms with Crippen LogP contribution in [0.25, 0.3) is 0 Å². The standard InChI is InChI=1S/C19H20N2O3S/c1-3-18(22)20-16-6-4-14(5-7-16)19(23)21-10-13(2)24-17(11-21)15-8-9-25-12-15/h3-9,12-13,17H,1,10-11H2,2H3,(H,20,22). The molecule has 0 aliphatic carbocycles. The molecule has 1 saturated heterocycles. The average molecular weight is 356 g/mol. The number of rotatable bonds is 4. The Morgan fingerprint density at radius 3 is 2.68 bits per heavy atom. The van der Waals surface area contributed by atoms with Crippen LogP contribution < -0.4 is 5.32 Å². The molecule has 0 saturated carbocycles. The summed E-state index contributed by atoms with van der Waals surface area (Å²) in [4.78, 5) is 26.0. The highest BCUT2D eigenvalue weighted by atomic mass is 32.1. The van der Waals surface area contributed by atoms with Gasteiger partial charge in [-0.05, 0) is 59.7 Å². The first-order valence-electron chi connectivity index (χ1n) is 8.07. The summed E-state index contributed by atoms with van der Waals surface area (Å²) < 4.78 is 5.98. The molecule has 1 aliphatic rings. The van der Waals surface area contributed by atoms with E-state index in [1.54, 1.807) is 35.6 Å². The molecule has 2 amide bonds. The van der Waals surface area contributed by atoms with Gasteiger partial charge in [0.2, 0.25) is 5.91 Å². The van der Waals surface area contributed by atoms with Crippen LogP contribution in [-0.2, 0) is 9.53 Å². The van der Waals surface area contributed by atoms with Crippen LogP contribution >= 0.6 is 11.3 Å². The molecule has 1 fully saturated rings. The van der Waals surface area contributed by atoms with Crippen molar-refractivity contribution in [3.63, 3.8) is 0 Å². The lowest BCUT2D eigenvalue weighted by Crippen LogP contribution is -2.45. The third-order valence-corrected chi connectivity index (χ3v) is 4.75. The van der Waals surface area contributed by atoms with Crippen molar-refractivity contribution in [1.82, 2.24) is 4.90 Å². The fourth-order valence-electron chi connectivity index (χ4n) is 2.83. The number of nitrogens with one attached hydrogen (secondary N) is 1. The highest BCUT2D eigenvalue weighted by molar-refractivity contribution is 7.07. The fraction of sp³-hybridized carbons (Fsp3) is 0.263. The Morgan fingerprint density at radius 2 is 2.04 bits per heavy atom. The molecule has 0 radical (unpaired) electrons. The first-order chi connectivity index (χ1) is 12.1. The fourth-order valence-corrected chi connectivity index (χ4v) is 3.53. The van der Waals surface area contributed by atoms with Gasteiger partial charge in [-0.3, -0.25) is 9.59 Å². The van der Waals surface area contributed by atoms with Gasteiger partial charge < -0.3 is 15.0 Å². The predicted octanol–water partition coefficient (Wildman–Crippen LogP) is 3.47. The van der Waals surface area contributed by atoms with Crippen molar-refractivity contribution < 1.29 is 14.3 Å². The Morgan fingerprint density at radius 1 is 1.28 bits per heavy atom. The van der Waals surface area contributed by atoms with Gasteiger partial charge in [-0.2, -0.15) is 11.3 Å². The van der Waals surface area contributed by atoms with Crippen LogP contribution in [0.15, 0.2) is 53.7 Å². The lowest BCUT2D eigenvalue weighted by molar-refractivity contribution is -0.111. The lowest BCUT2D eigenvalue weighted by Gasteiger charge is -2.36. The van der Waals surface area contributed by atoms with E-state index >= 15 is 0 Å². The molecule has 1 N–H and O–H groups in total. The maximum atomic E-state index is 12.8. The number of anilines is 1. The maximum Gasteiger partial charge on any atom is 0.254 e. The maximum absolute atomic E-state index is 12.8. The molecule has 2 atom stereocenters. The van der Waals surface area contributed by atoms with Crippen LogP contribution in [0.4, 0.5) is 5.69 Å². The highest BCUT2D eigenvalue weighted by Crippen LogP contribution is 2.27. The van der Waals surface area contributed by atoms with Crippen LogP contribution in [-0.4, -0.2) is 35.9 Å². The summed E-state index contributed by atoms with van der Waals surface area (Å²) in [7, 11) is 0. The largest absolute Gasteiger partial charge is 0.367 e. The SMILES string of the molecule is C=CC(=O)Nc1ccc(C(=O)N2CC(C)OC(c3ccsc3)C2)cc1. The molecular formula is C19H20N2O3S. The lowest BCUT2D eigenvalue weighted by atomic mass is 10.1. The second-order valence-electron chi connectivity index (χ2n) is 5.97. The van der Waals surface area contributed by atoms with E-state index in [2.05, 4.69) is 17.3 Å². The molecule has 1 aliphatic heterocycles. The number of carbonyl (C=O) groups is 2. The van der Waals surface area contributed by atoms with Crippen molar-refractivity contribution in [2.75, 3.05) is 18.4 Å². The van der Waals surface area contributed by atoms with Crippen LogP contribution in [0.1, 0.15) is 28.9 Å². The molecular weight excluding hydrogens is 336 g/mol. The average Bonchev–Trinajstić information content (AvgIpc) is 3.16. The molecule has 0 bridgehead atoms. The molecule has 130 valence electrons. The van der Waals surface area contributed by atoms with Crippen molar-refractivity contribution in [1.29, 1.82) is 0 Å². The van der Waals surface area contributed by atoms with Crippen LogP contribution in [0.3, 0.4) is 0 Å².